The van der Waals surface area contributed by atoms with Crippen molar-refractivity contribution in [2.24, 2.45) is 5.10 Å². The molecule has 1 aromatic heterocycles. The smallest absolute Gasteiger partial charge is 0.191 e. The van der Waals surface area contributed by atoms with Gasteiger partial charge in [-0.2, -0.15) is 5.10 Å². The molecule has 2 N–H and O–H groups in total. The Morgan fingerprint density at radius 2 is 2.26 bits per heavy atom. The Morgan fingerprint density at radius 3 is 3.00 bits per heavy atom. The van der Waals surface area contributed by atoms with Gasteiger partial charge in [0.2, 0.25) is 0 Å². The lowest BCUT2D eigenvalue weighted by atomic mass is 10.3. The van der Waals surface area contributed by atoms with E-state index in [1.54, 1.807) is 31.7 Å². The van der Waals surface area contributed by atoms with Gasteiger partial charge in [-0.15, -0.1) is 0 Å². The Balaban J connectivity index is 1.87. The molecule has 1 aromatic carbocycles. The highest BCUT2D eigenvalue weighted by Gasteiger charge is 1.98. The minimum Gasteiger partial charge on any atom is -0.497 e. The van der Waals surface area contributed by atoms with Crippen molar-refractivity contribution in [3.63, 3.8) is 0 Å². The summed E-state index contributed by atoms with van der Waals surface area (Å²) in [5.74, 6) is 1.41. The monoisotopic (exact) mass is 275 g/mol. The van der Waals surface area contributed by atoms with Crippen molar-refractivity contribution in [1.29, 1.82) is 0 Å². The number of benzene rings is 1. The van der Waals surface area contributed by atoms with Crippen LogP contribution in [-0.4, -0.2) is 18.4 Å². The van der Waals surface area contributed by atoms with Gasteiger partial charge in [0.05, 0.1) is 19.6 Å². The van der Waals surface area contributed by atoms with Crippen LogP contribution < -0.4 is 15.5 Å². The highest BCUT2D eigenvalue weighted by molar-refractivity contribution is 7.80. The lowest BCUT2D eigenvalue weighted by Crippen LogP contribution is -2.23. The number of ether oxygens (including phenoxy) is 1. The van der Waals surface area contributed by atoms with Gasteiger partial charge in [0.25, 0.3) is 0 Å². The fraction of sp³-hybridized carbons (Fsp3) is 0.0769. The first-order chi connectivity index (χ1) is 9.28. The third-order valence-electron chi connectivity index (χ3n) is 2.23. The van der Waals surface area contributed by atoms with E-state index in [9.17, 15) is 0 Å². The van der Waals surface area contributed by atoms with Crippen molar-refractivity contribution in [3.05, 3.63) is 48.4 Å². The molecule has 0 fully saturated rings. The number of nitrogens with one attached hydrogen (secondary N) is 2. The quantitative estimate of drug-likeness (QED) is 0.510. The summed E-state index contributed by atoms with van der Waals surface area (Å²) in [5, 5.41) is 7.33. The molecule has 98 valence electrons. The molecule has 0 saturated heterocycles. The summed E-state index contributed by atoms with van der Waals surface area (Å²) in [4.78, 5) is 0. The second kappa shape index (κ2) is 6.55. The average Bonchev–Trinajstić information content (AvgIpc) is 2.92. The van der Waals surface area contributed by atoms with E-state index in [-0.39, 0.29) is 0 Å². The van der Waals surface area contributed by atoms with Crippen LogP contribution in [0.3, 0.4) is 0 Å². The van der Waals surface area contributed by atoms with Gasteiger partial charge < -0.3 is 14.5 Å². The zero-order valence-corrected chi connectivity index (χ0v) is 11.1. The molecule has 0 aliphatic heterocycles. The minimum atomic E-state index is 0.385. The molecule has 0 unspecified atom stereocenters. The van der Waals surface area contributed by atoms with Crippen molar-refractivity contribution < 1.29 is 9.15 Å². The molecule has 0 aliphatic carbocycles. The lowest BCUT2D eigenvalue weighted by Gasteiger charge is -2.07. The van der Waals surface area contributed by atoms with Crippen LogP contribution in [-0.2, 0) is 0 Å². The summed E-state index contributed by atoms with van der Waals surface area (Å²) < 4.78 is 10.2. The Labute approximate surface area is 116 Å². The predicted octanol–water partition coefficient (Wildman–Crippen LogP) is 2.61. The minimum absolute atomic E-state index is 0.385. The molecule has 0 radical (unpaired) electrons. The van der Waals surface area contributed by atoms with Crippen molar-refractivity contribution in [3.8, 4) is 5.75 Å². The van der Waals surface area contributed by atoms with Crippen LogP contribution in [0.2, 0.25) is 0 Å². The maximum Gasteiger partial charge on any atom is 0.191 e. The van der Waals surface area contributed by atoms with Gasteiger partial charge in [-0.25, -0.2) is 0 Å². The number of thiocarbonyl (C=S) groups is 1. The van der Waals surface area contributed by atoms with Crippen LogP contribution in [0, 0.1) is 0 Å². The Kier molecular flexibility index (Phi) is 4.52. The van der Waals surface area contributed by atoms with Crippen molar-refractivity contribution in [1.82, 2.24) is 5.43 Å². The summed E-state index contributed by atoms with van der Waals surface area (Å²) in [6, 6.07) is 11.0. The van der Waals surface area contributed by atoms with Crippen molar-refractivity contribution in [2.45, 2.75) is 0 Å². The van der Waals surface area contributed by atoms with Crippen molar-refractivity contribution >= 4 is 29.2 Å². The average molecular weight is 275 g/mol. The lowest BCUT2D eigenvalue weighted by molar-refractivity contribution is 0.415. The molecular formula is C13H13N3O2S. The normalized spacial score (nSPS) is 10.4. The SMILES string of the molecule is COc1cccc(NC(=S)N/N=C/c2ccco2)c1. The maximum absolute atomic E-state index is 5.12. The standard InChI is InChI=1S/C13H13N3O2S/c1-17-11-5-2-4-10(8-11)15-13(19)16-14-9-12-6-3-7-18-12/h2-9H,1H3,(H2,15,16,19)/b14-9+. The van der Waals surface area contributed by atoms with Crippen LogP contribution in [0.25, 0.3) is 0 Å². The number of hydrogen-bond acceptors (Lipinski definition) is 4. The van der Waals surface area contributed by atoms with E-state index < -0.39 is 0 Å². The summed E-state index contributed by atoms with van der Waals surface area (Å²) in [7, 11) is 1.61. The molecule has 0 atom stereocenters. The zero-order chi connectivity index (χ0) is 13.5. The van der Waals surface area contributed by atoms with E-state index in [4.69, 9.17) is 21.4 Å². The summed E-state index contributed by atoms with van der Waals surface area (Å²) in [5.41, 5.74) is 3.52. The first kappa shape index (κ1) is 13.1. The number of hydrogen-bond donors (Lipinski definition) is 2. The topological polar surface area (TPSA) is 58.8 Å². The van der Waals surface area contributed by atoms with Gasteiger partial charge in [-0.1, -0.05) is 6.07 Å². The van der Waals surface area contributed by atoms with Crippen LogP contribution >= 0.6 is 12.2 Å². The highest BCUT2D eigenvalue weighted by Crippen LogP contribution is 2.16. The van der Waals surface area contributed by atoms with Gasteiger partial charge in [0, 0.05) is 11.8 Å². The number of hydrazone groups is 1. The largest absolute Gasteiger partial charge is 0.497 e. The molecule has 0 amide bonds. The Hall–Kier alpha value is -2.34. The number of nitrogens with zero attached hydrogens (tertiary/aromatic N) is 1. The summed E-state index contributed by atoms with van der Waals surface area (Å²) in [6.45, 7) is 0. The van der Waals surface area contributed by atoms with Crippen LogP contribution in [0.15, 0.2) is 52.2 Å². The zero-order valence-electron chi connectivity index (χ0n) is 10.3. The second-order valence-corrected chi connectivity index (χ2v) is 3.98. The number of rotatable bonds is 4. The number of anilines is 1. The fourth-order valence-electron chi connectivity index (χ4n) is 1.38. The number of methoxy groups -OCH3 is 1. The van der Waals surface area contributed by atoms with E-state index in [0.717, 1.165) is 11.4 Å². The van der Waals surface area contributed by atoms with E-state index >= 15 is 0 Å². The Morgan fingerprint density at radius 1 is 1.37 bits per heavy atom. The Bertz CT molecular complexity index is 567. The number of furan rings is 1. The summed E-state index contributed by atoms with van der Waals surface area (Å²) >= 11 is 5.10. The first-order valence-electron chi connectivity index (χ1n) is 5.55. The maximum atomic E-state index is 5.12. The van der Waals surface area contributed by atoms with Gasteiger partial charge in [-0.05, 0) is 36.5 Å². The predicted molar refractivity (Wildman–Crippen MR) is 78.7 cm³/mol. The van der Waals surface area contributed by atoms with Crippen LogP contribution in [0.4, 0.5) is 5.69 Å². The third kappa shape index (κ3) is 4.11. The van der Waals surface area contributed by atoms with E-state index in [1.807, 2.05) is 24.3 Å². The third-order valence-corrected chi connectivity index (χ3v) is 2.42. The fourth-order valence-corrected chi connectivity index (χ4v) is 1.55. The summed E-state index contributed by atoms with van der Waals surface area (Å²) in [6.07, 6.45) is 3.12. The molecule has 2 rings (SSSR count). The first-order valence-corrected chi connectivity index (χ1v) is 5.96. The molecule has 19 heavy (non-hydrogen) atoms. The van der Waals surface area contributed by atoms with Gasteiger partial charge in [0.1, 0.15) is 11.5 Å². The van der Waals surface area contributed by atoms with Gasteiger partial charge in [0.15, 0.2) is 5.11 Å². The second-order valence-electron chi connectivity index (χ2n) is 3.57. The molecule has 0 bridgehead atoms. The molecule has 6 heteroatoms. The molecule has 2 aromatic rings. The molecule has 0 spiro atoms. The van der Waals surface area contributed by atoms with Crippen molar-refractivity contribution in [2.75, 3.05) is 12.4 Å². The van der Waals surface area contributed by atoms with Crippen LogP contribution in [0.5, 0.6) is 5.75 Å². The van der Waals surface area contributed by atoms with E-state index in [2.05, 4.69) is 15.8 Å². The van der Waals surface area contributed by atoms with Gasteiger partial charge >= 0.3 is 0 Å². The molecule has 5 nitrogen and oxygen atoms in total. The van der Waals surface area contributed by atoms with E-state index in [1.165, 1.54) is 0 Å². The highest BCUT2D eigenvalue weighted by atomic mass is 32.1. The molecule has 1 heterocycles. The van der Waals surface area contributed by atoms with Crippen LogP contribution in [0.1, 0.15) is 5.76 Å². The molecular weight excluding hydrogens is 262 g/mol. The molecule has 0 aliphatic rings. The van der Waals surface area contributed by atoms with Gasteiger partial charge in [-0.3, -0.25) is 5.43 Å². The van der Waals surface area contributed by atoms with E-state index in [0.29, 0.717) is 10.9 Å². The molecule has 0 saturated carbocycles.